The molecule has 0 radical (unpaired) electrons. The van der Waals surface area contributed by atoms with Gasteiger partial charge >= 0.3 is 0 Å². The Morgan fingerprint density at radius 1 is 0.906 bits per heavy atom. The van der Waals surface area contributed by atoms with Crippen molar-refractivity contribution in [2.75, 3.05) is 12.4 Å². The van der Waals surface area contributed by atoms with E-state index in [1.807, 2.05) is 24.3 Å². The predicted octanol–water partition coefficient (Wildman–Crippen LogP) is 5.11. The summed E-state index contributed by atoms with van der Waals surface area (Å²) in [6.07, 6.45) is 4.48. The second kappa shape index (κ2) is 8.03. The minimum absolute atomic E-state index is 0.0981. The van der Waals surface area contributed by atoms with Gasteiger partial charge in [-0.15, -0.1) is 0 Å². The number of nitrogens with zero attached hydrogens (tertiary/aromatic N) is 4. The Morgan fingerprint density at radius 2 is 1.66 bits per heavy atom. The van der Waals surface area contributed by atoms with Crippen molar-refractivity contribution in [1.29, 1.82) is 0 Å². The van der Waals surface area contributed by atoms with E-state index >= 15 is 0 Å². The number of para-hydroxylation sites is 1. The molecular weight excluding hydrogens is 414 g/mol. The lowest BCUT2D eigenvalue weighted by atomic mass is 10.0. The molecule has 0 spiro atoms. The molecule has 0 saturated heterocycles. The first-order valence-electron chi connectivity index (χ1n) is 9.65. The summed E-state index contributed by atoms with van der Waals surface area (Å²) in [5.41, 5.74) is 2.53. The molecule has 158 valence electrons. The van der Waals surface area contributed by atoms with Gasteiger partial charge in [0, 0.05) is 35.1 Å². The molecule has 5 rings (SSSR count). The summed E-state index contributed by atoms with van der Waals surface area (Å²) in [5, 5.41) is 10.5. The van der Waals surface area contributed by atoms with E-state index in [0.717, 1.165) is 5.56 Å². The molecule has 0 aliphatic heterocycles. The normalized spacial score (nSPS) is 11.0. The third kappa shape index (κ3) is 3.49. The van der Waals surface area contributed by atoms with Crippen molar-refractivity contribution in [3.05, 3.63) is 78.8 Å². The molecule has 0 saturated carbocycles. The minimum Gasteiger partial charge on any atom is -0.496 e. The highest BCUT2D eigenvalue weighted by atomic mass is 19.1. The largest absolute Gasteiger partial charge is 0.496 e. The number of hydrogen-bond acceptors (Lipinski definition) is 6. The minimum atomic E-state index is -0.773. The first-order chi connectivity index (χ1) is 15.6. The van der Waals surface area contributed by atoms with Crippen LogP contribution in [0.2, 0.25) is 0 Å². The lowest BCUT2D eigenvalue weighted by Crippen LogP contribution is -2.01. The van der Waals surface area contributed by atoms with E-state index < -0.39 is 11.6 Å². The number of halogens is 2. The van der Waals surface area contributed by atoms with E-state index in [4.69, 9.17) is 4.74 Å². The fourth-order valence-electron chi connectivity index (χ4n) is 3.45. The highest BCUT2D eigenvalue weighted by molar-refractivity contribution is 5.94. The molecule has 3 heterocycles. The topological polar surface area (TPSA) is 88.6 Å². The zero-order valence-electron chi connectivity index (χ0n) is 16.8. The number of anilines is 2. The third-order valence-corrected chi connectivity index (χ3v) is 4.96. The highest BCUT2D eigenvalue weighted by Crippen LogP contribution is 2.35. The van der Waals surface area contributed by atoms with Gasteiger partial charge in [-0.2, -0.15) is 5.10 Å². The fraction of sp³-hybridized carbons (Fsp3) is 0.0435. The number of fused-ring (bicyclic) bond motifs is 1. The standard InChI is InChI=1S/C23H16F2N6O/c1-32-19-6-3-2-5-15(19)20-16-9-14(12-28-22(16)31-30-20)13-10-17(24)21(18(25)11-13)29-23-26-7-4-8-27-23/h2-12H,1H3,(H,26,27,29)(H,28,30,31). The molecule has 0 unspecified atom stereocenters. The van der Waals surface area contributed by atoms with Crippen LogP contribution in [-0.4, -0.2) is 32.3 Å². The fourth-order valence-corrected chi connectivity index (χ4v) is 3.45. The summed E-state index contributed by atoms with van der Waals surface area (Å²) in [4.78, 5) is 12.2. The van der Waals surface area contributed by atoms with E-state index in [1.165, 1.54) is 30.7 Å². The molecule has 2 N–H and O–H groups in total. The van der Waals surface area contributed by atoms with Gasteiger partial charge in [-0.05, 0) is 42.0 Å². The average Bonchev–Trinajstić information content (AvgIpc) is 3.25. The molecule has 0 aliphatic rings. The Hall–Kier alpha value is -4.40. The maximum absolute atomic E-state index is 14.8. The summed E-state index contributed by atoms with van der Waals surface area (Å²) in [5.74, 6) is -0.783. The second-order valence-corrected chi connectivity index (χ2v) is 6.91. The summed E-state index contributed by atoms with van der Waals surface area (Å²) < 4.78 is 35.0. The van der Waals surface area contributed by atoms with Gasteiger partial charge in [-0.3, -0.25) is 5.10 Å². The van der Waals surface area contributed by atoms with E-state index in [0.29, 0.717) is 33.6 Å². The van der Waals surface area contributed by atoms with Crippen LogP contribution in [0.5, 0.6) is 5.75 Å². The average molecular weight is 430 g/mol. The molecule has 2 aromatic carbocycles. The number of nitrogens with one attached hydrogen (secondary N) is 2. The van der Waals surface area contributed by atoms with Crippen LogP contribution < -0.4 is 10.1 Å². The molecule has 7 nitrogen and oxygen atoms in total. The van der Waals surface area contributed by atoms with E-state index in [-0.39, 0.29) is 11.6 Å². The highest BCUT2D eigenvalue weighted by Gasteiger charge is 2.17. The Kier molecular flexibility index (Phi) is 4.91. The van der Waals surface area contributed by atoms with Crippen molar-refractivity contribution in [3.63, 3.8) is 0 Å². The predicted molar refractivity (Wildman–Crippen MR) is 117 cm³/mol. The molecular formula is C23H16F2N6O. The molecule has 32 heavy (non-hydrogen) atoms. The summed E-state index contributed by atoms with van der Waals surface area (Å²) in [7, 11) is 1.59. The number of aromatic amines is 1. The lowest BCUT2D eigenvalue weighted by Gasteiger charge is -2.10. The number of hydrogen-bond donors (Lipinski definition) is 2. The van der Waals surface area contributed by atoms with Gasteiger partial charge in [-0.25, -0.2) is 23.7 Å². The first kappa shape index (κ1) is 19.6. The van der Waals surface area contributed by atoms with Crippen molar-refractivity contribution in [1.82, 2.24) is 25.1 Å². The van der Waals surface area contributed by atoms with Crippen LogP contribution in [0.3, 0.4) is 0 Å². The molecule has 5 aromatic rings. The molecule has 0 amide bonds. The second-order valence-electron chi connectivity index (χ2n) is 6.91. The molecule has 0 bridgehead atoms. The summed E-state index contributed by atoms with van der Waals surface area (Å²) in [6, 6.07) is 13.4. The summed E-state index contributed by atoms with van der Waals surface area (Å²) in [6.45, 7) is 0. The SMILES string of the molecule is COc1ccccc1-c1[nH]nc2ncc(-c3cc(F)c(Nc4ncccn4)c(F)c3)cc12. The molecule has 0 fully saturated rings. The monoisotopic (exact) mass is 430 g/mol. The lowest BCUT2D eigenvalue weighted by molar-refractivity contribution is 0.416. The Balaban J connectivity index is 1.56. The van der Waals surface area contributed by atoms with E-state index in [2.05, 4.69) is 30.5 Å². The van der Waals surface area contributed by atoms with Gasteiger partial charge in [-0.1, -0.05) is 12.1 Å². The van der Waals surface area contributed by atoms with Crippen LogP contribution in [0, 0.1) is 11.6 Å². The Bertz CT molecular complexity index is 1400. The van der Waals surface area contributed by atoms with Gasteiger partial charge in [0.05, 0.1) is 12.8 Å². The number of pyridine rings is 1. The van der Waals surface area contributed by atoms with Gasteiger partial charge in [0.1, 0.15) is 23.1 Å². The van der Waals surface area contributed by atoms with Gasteiger partial charge in [0.15, 0.2) is 5.65 Å². The van der Waals surface area contributed by atoms with Gasteiger partial charge in [0.2, 0.25) is 5.95 Å². The van der Waals surface area contributed by atoms with Gasteiger partial charge < -0.3 is 10.1 Å². The van der Waals surface area contributed by atoms with Crippen molar-refractivity contribution in [3.8, 4) is 28.1 Å². The molecule has 0 atom stereocenters. The number of H-pyrrole nitrogens is 1. The summed E-state index contributed by atoms with van der Waals surface area (Å²) >= 11 is 0. The Labute approximate surface area is 181 Å². The molecule has 9 heteroatoms. The maximum Gasteiger partial charge on any atom is 0.227 e. The molecule has 0 aliphatic carbocycles. The van der Waals surface area contributed by atoms with E-state index in [9.17, 15) is 8.78 Å². The van der Waals surface area contributed by atoms with E-state index in [1.54, 1.807) is 19.2 Å². The zero-order chi connectivity index (χ0) is 22.1. The first-order valence-corrected chi connectivity index (χ1v) is 9.65. The van der Waals surface area contributed by atoms with Crippen LogP contribution in [0.25, 0.3) is 33.4 Å². The number of rotatable bonds is 5. The van der Waals surface area contributed by atoms with Crippen LogP contribution in [0.1, 0.15) is 0 Å². The van der Waals surface area contributed by atoms with Crippen LogP contribution in [0.4, 0.5) is 20.4 Å². The van der Waals surface area contributed by atoms with Crippen LogP contribution in [0.15, 0.2) is 67.1 Å². The Morgan fingerprint density at radius 3 is 2.41 bits per heavy atom. The van der Waals surface area contributed by atoms with Crippen molar-refractivity contribution >= 4 is 22.7 Å². The quantitative estimate of drug-likeness (QED) is 0.403. The third-order valence-electron chi connectivity index (χ3n) is 4.96. The van der Waals surface area contributed by atoms with Crippen molar-refractivity contribution in [2.24, 2.45) is 0 Å². The smallest absolute Gasteiger partial charge is 0.227 e. The van der Waals surface area contributed by atoms with Crippen molar-refractivity contribution in [2.45, 2.75) is 0 Å². The number of aromatic nitrogens is 5. The van der Waals surface area contributed by atoms with Crippen molar-refractivity contribution < 1.29 is 13.5 Å². The molecule has 3 aromatic heterocycles. The number of methoxy groups -OCH3 is 1. The zero-order valence-corrected chi connectivity index (χ0v) is 16.8. The van der Waals surface area contributed by atoms with Crippen LogP contribution >= 0.6 is 0 Å². The maximum atomic E-state index is 14.8. The number of ether oxygens (including phenoxy) is 1. The van der Waals surface area contributed by atoms with Gasteiger partial charge in [0.25, 0.3) is 0 Å². The number of benzene rings is 2. The van der Waals surface area contributed by atoms with Crippen LogP contribution in [-0.2, 0) is 0 Å².